The van der Waals surface area contributed by atoms with Crippen LogP contribution in [-0.2, 0) is 0 Å². The number of aliphatic hydroxyl groups excluding tert-OH is 1. The number of nitrogens with two attached hydrogens (primary N) is 1. The van der Waals surface area contributed by atoms with E-state index >= 15 is 0 Å². The molecule has 0 amide bonds. The Hall–Kier alpha value is -1.79. The summed E-state index contributed by atoms with van der Waals surface area (Å²) in [7, 11) is 0. The van der Waals surface area contributed by atoms with Gasteiger partial charge in [0.15, 0.2) is 0 Å². The van der Waals surface area contributed by atoms with Crippen LogP contribution in [0.5, 0.6) is 0 Å². The second-order valence-corrected chi connectivity index (χ2v) is 2.95. The fourth-order valence-electron chi connectivity index (χ4n) is 1.08. The van der Waals surface area contributed by atoms with Crippen molar-refractivity contribution < 1.29 is 9.63 Å². The number of hydrogen-bond acceptors (Lipinski definition) is 6. The van der Waals surface area contributed by atoms with Gasteiger partial charge in [-0.1, -0.05) is 5.16 Å². The van der Waals surface area contributed by atoms with Crippen molar-refractivity contribution in [2.24, 2.45) is 5.73 Å². The summed E-state index contributed by atoms with van der Waals surface area (Å²) in [5.74, 6) is 0.516. The van der Waals surface area contributed by atoms with Gasteiger partial charge in [0.2, 0.25) is 5.82 Å². The molecule has 78 valence electrons. The van der Waals surface area contributed by atoms with Crippen LogP contribution in [0.2, 0.25) is 0 Å². The number of hydrogen-bond donors (Lipinski definition) is 2. The van der Waals surface area contributed by atoms with Crippen molar-refractivity contribution in [2.75, 3.05) is 6.54 Å². The molecule has 3 N–H and O–H groups in total. The molecule has 0 unspecified atom stereocenters. The fourth-order valence-corrected chi connectivity index (χ4v) is 1.08. The highest BCUT2D eigenvalue weighted by Crippen LogP contribution is 2.16. The zero-order valence-corrected chi connectivity index (χ0v) is 7.87. The van der Waals surface area contributed by atoms with Crippen LogP contribution in [0.4, 0.5) is 0 Å². The van der Waals surface area contributed by atoms with Crippen LogP contribution in [0.1, 0.15) is 12.0 Å². The summed E-state index contributed by atoms with van der Waals surface area (Å²) in [5.41, 5.74) is 5.99. The van der Waals surface area contributed by atoms with Gasteiger partial charge in [0, 0.05) is 24.5 Å². The van der Waals surface area contributed by atoms with Crippen molar-refractivity contribution >= 4 is 0 Å². The van der Waals surface area contributed by atoms with Crippen molar-refractivity contribution in [1.29, 1.82) is 0 Å². The van der Waals surface area contributed by atoms with E-state index in [0.717, 1.165) is 5.56 Å². The minimum atomic E-state index is -0.914. The van der Waals surface area contributed by atoms with Gasteiger partial charge in [-0.3, -0.25) is 4.98 Å². The van der Waals surface area contributed by atoms with Gasteiger partial charge < -0.3 is 15.4 Å². The van der Waals surface area contributed by atoms with Gasteiger partial charge in [-0.25, -0.2) is 0 Å². The molecule has 2 aromatic rings. The molecule has 6 nitrogen and oxygen atoms in total. The highest BCUT2D eigenvalue weighted by molar-refractivity contribution is 5.51. The SMILES string of the molecule is NC[C@H](O)c1nc(-c2cccnc2)no1. The second kappa shape index (κ2) is 4.16. The fraction of sp³-hybridized carbons (Fsp3) is 0.222. The Labute approximate surface area is 85.8 Å². The molecule has 0 saturated heterocycles. The molecule has 6 heteroatoms. The molecular formula is C9H10N4O2. The first-order chi connectivity index (χ1) is 7.31. The van der Waals surface area contributed by atoms with E-state index in [4.69, 9.17) is 10.3 Å². The lowest BCUT2D eigenvalue weighted by atomic mass is 10.3. The number of pyridine rings is 1. The number of aliphatic hydroxyl groups is 1. The summed E-state index contributed by atoms with van der Waals surface area (Å²) >= 11 is 0. The molecule has 1 atom stereocenters. The smallest absolute Gasteiger partial charge is 0.257 e. The molecule has 0 radical (unpaired) electrons. The minimum Gasteiger partial charge on any atom is -0.382 e. The van der Waals surface area contributed by atoms with Gasteiger partial charge in [0.05, 0.1) is 0 Å². The molecule has 0 spiro atoms. The lowest BCUT2D eigenvalue weighted by Gasteiger charge is -1.97. The highest BCUT2D eigenvalue weighted by Gasteiger charge is 2.14. The predicted molar refractivity (Wildman–Crippen MR) is 51.5 cm³/mol. The Kier molecular flexibility index (Phi) is 2.70. The molecular weight excluding hydrogens is 196 g/mol. The van der Waals surface area contributed by atoms with Crippen molar-refractivity contribution in [1.82, 2.24) is 15.1 Å². The van der Waals surface area contributed by atoms with E-state index in [1.165, 1.54) is 0 Å². The van der Waals surface area contributed by atoms with Crippen LogP contribution in [0.15, 0.2) is 29.0 Å². The Balaban J connectivity index is 2.28. The summed E-state index contributed by atoms with van der Waals surface area (Å²) in [6, 6.07) is 3.57. The first-order valence-corrected chi connectivity index (χ1v) is 4.43. The molecule has 0 aliphatic heterocycles. The third-order valence-corrected chi connectivity index (χ3v) is 1.87. The molecule has 0 fully saturated rings. The van der Waals surface area contributed by atoms with Crippen molar-refractivity contribution in [3.8, 4) is 11.4 Å². The quantitative estimate of drug-likeness (QED) is 0.740. The van der Waals surface area contributed by atoms with Crippen LogP contribution in [0.25, 0.3) is 11.4 Å². The van der Waals surface area contributed by atoms with E-state index in [1.807, 2.05) is 0 Å². The topological polar surface area (TPSA) is 98.1 Å². The average molecular weight is 206 g/mol. The lowest BCUT2D eigenvalue weighted by Crippen LogP contribution is -2.11. The molecule has 15 heavy (non-hydrogen) atoms. The minimum absolute atomic E-state index is 0.0503. The van der Waals surface area contributed by atoms with E-state index in [1.54, 1.807) is 24.5 Å². The summed E-state index contributed by atoms with van der Waals surface area (Å²) < 4.78 is 4.85. The van der Waals surface area contributed by atoms with E-state index in [0.29, 0.717) is 5.82 Å². The maximum atomic E-state index is 9.35. The standard InChI is InChI=1S/C9H10N4O2/c10-4-7(14)9-12-8(13-15-9)6-2-1-3-11-5-6/h1-3,5,7,14H,4,10H2/t7-/m0/s1. The molecule has 2 aromatic heterocycles. The van der Waals surface area contributed by atoms with Crippen LogP contribution in [0, 0.1) is 0 Å². The average Bonchev–Trinajstić information content (AvgIpc) is 2.78. The maximum absolute atomic E-state index is 9.35. The third-order valence-electron chi connectivity index (χ3n) is 1.87. The molecule has 2 rings (SSSR count). The summed E-state index contributed by atoms with van der Waals surface area (Å²) in [4.78, 5) is 7.93. The molecule has 0 aromatic carbocycles. The van der Waals surface area contributed by atoms with E-state index in [-0.39, 0.29) is 12.4 Å². The van der Waals surface area contributed by atoms with Crippen molar-refractivity contribution in [2.45, 2.75) is 6.10 Å². The number of rotatable bonds is 3. The van der Waals surface area contributed by atoms with Gasteiger partial charge >= 0.3 is 0 Å². The monoisotopic (exact) mass is 206 g/mol. The largest absolute Gasteiger partial charge is 0.382 e. The first-order valence-electron chi connectivity index (χ1n) is 4.43. The van der Waals surface area contributed by atoms with Crippen molar-refractivity contribution in [3.63, 3.8) is 0 Å². The Morgan fingerprint density at radius 3 is 3.07 bits per heavy atom. The molecule has 0 aliphatic carbocycles. The normalized spacial score (nSPS) is 12.7. The summed E-state index contributed by atoms with van der Waals surface area (Å²) in [6.07, 6.45) is 2.35. The Morgan fingerprint density at radius 1 is 1.53 bits per heavy atom. The van der Waals surface area contributed by atoms with Gasteiger partial charge in [-0.2, -0.15) is 4.98 Å². The predicted octanol–water partition coefficient (Wildman–Crippen LogP) is 0.124. The molecule has 0 saturated carbocycles. The zero-order valence-electron chi connectivity index (χ0n) is 7.87. The van der Waals surface area contributed by atoms with Gasteiger partial charge in [-0.15, -0.1) is 0 Å². The van der Waals surface area contributed by atoms with Gasteiger partial charge in [-0.05, 0) is 12.1 Å². The van der Waals surface area contributed by atoms with Crippen LogP contribution in [-0.4, -0.2) is 26.8 Å². The van der Waals surface area contributed by atoms with Crippen LogP contribution >= 0.6 is 0 Å². The van der Waals surface area contributed by atoms with E-state index < -0.39 is 6.10 Å². The zero-order chi connectivity index (χ0) is 10.7. The number of aromatic nitrogens is 3. The summed E-state index contributed by atoms with van der Waals surface area (Å²) in [6.45, 7) is 0.0503. The van der Waals surface area contributed by atoms with Gasteiger partial charge in [0.1, 0.15) is 6.10 Å². The molecule has 0 bridgehead atoms. The van der Waals surface area contributed by atoms with Crippen LogP contribution < -0.4 is 5.73 Å². The summed E-state index contributed by atoms with van der Waals surface area (Å²) in [5, 5.41) is 13.1. The first kappa shape index (κ1) is 9.75. The third kappa shape index (κ3) is 2.00. The lowest BCUT2D eigenvalue weighted by molar-refractivity contribution is 0.141. The maximum Gasteiger partial charge on any atom is 0.257 e. The van der Waals surface area contributed by atoms with Crippen molar-refractivity contribution in [3.05, 3.63) is 30.4 Å². The van der Waals surface area contributed by atoms with E-state index in [9.17, 15) is 5.11 Å². The molecule has 0 aliphatic rings. The number of nitrogens with zero attached hydrogens (tertiary/aromatic N) is 3. The highest BCUT2D eigenvalue weighted by atomic mass is 16.5. The van der Waals surface area contributed by atoms with E-state index in [2.05, 4.69) is 15.1 Å². The van der Waals surface area contributed by atoms with Gasteiger partial charge in [0.25, 0.3) is 5.89 Å². The Bertz CT molecular complexity index is 429. The Morgan fingerprint density at radius 2 is 2.40 bits per heavy atom. The second-order valence-electron chi connectivity index (χ2n) is 2.95. The van der Waals surface area contributed by atoms with Crippen LogP contribution in [0.3, 0.4) is 0 Å². The molecule has 2 heterocycles.